The lowest BCUT2D eigenvalue weighted by Crippen LogP contribution is -2.18. The van der Waals surface area contributed by atoms with Gasteiger partial charge in [0.2, 0.25) is 15.8 Å². The second kappa shape index (κ2) is 8.89. The molecule has 10 heteroatoms. The molecule has 3 rings (SSSR count). The summed E-state index contributed by atoms with van der Waals surface area (Å²) < 4.78 is 35.7. The Morgan fingerprint density at radius 2 is 2.00 bits per heavy atom. The summed E-state index contributed by atoms with van der Waals surface area (Å²) in [5, 5.41) is 5.07. The number of nitrogens with zero attached hydrogens (tertiary/aromatic N) is 1. The van der Waals surface area contributed by atoms with Gasteiger partial charge in [0.05, 0.1) is 21.6 Å². The largest absolute Gasteiger partial charge is 0.454 e. The van der Waals surface area contributed by atoms with Crippen LogP contribution in [-0.2, 0) is 26.0 Å². The van der Waals surface area contributed by atoms with Gasteiger partial charge in [0.1, 0.15) is 0 Å². The van der Waals surface area contributed by atoms with E-state index in [0.717, 1.165) is 36.9 Å². The number of halogens is 1. The van der Waals surface area contributed by atoms with Crippen molar-refractivity contribution in [3.63, 3.8) is 0 Å². The van der Waals surface area contributed by atoms with Gasteiger partial charge >= 0.3 is 5.97 Å². The van der Waals surface area contributed by atoms with E-state index in [1.54, 1.807) is 6.07 Å². The molecule has 1 saturated heterocycles. The maximum Gasteiger partial charge on any atom is 0.340 e. The third kappa shape index (κ3) is 4.92. The molecule has 2 aromatic rings. The van der Waals surface area contributed by atoms with Gasteiger partial charge in [-0.05, 0) is 51.0 Å². The molecule has 0 bridgehead atoms. The molecule has 30 heavy (non-hydrogen) atoms. The number of benzene rings is 1. The van der Waals surface area contributed by atoms with E-state index >= 15 is 0 Å². The highest BCUT2D eigenvalue weighted by Gasteiger charge is 2.23. The number of aryl methyl sites for hydroxylation is 1. The fourth-order valence-corrected chi connectivity index (χ4v) is 4.22. The first kappa shape index (κ1) is 22.5. The van der Waals surface area contributed by atoms with E-state index in [1.165, 1.54) is 12.1 Å². The molecule has 0 saturated carbocycles. The van der Waals surface area contributed by atoms with E-state index in [2.05, 4.69) is 0 Å². The van der Waals surface area contributed by atoms with Crippen LogP contribution in [0.3, 0.4) is 0 Å². The number of rotatable bonds is 7. The molecule has 1 fully saturated rings. The van der Waals surface area contributed by atoms with Crippen molar-refractivity contribution in [2.24, 2.45) is 5.14 Å². The first-order valence-corrected chi connectivity index (χ1v) is 11.3. The number of nitrogens with two attached hydrogens (primary N) is 1. The third-order valence-corrected chi connectivity index (χ3v) is 6.35. The fourth-order valence-electron chi connectivity index (χ4n) is 3.48. The smallest absolute Gasteiger partial charge is 0.340 e. The summed E-state index contributed by atoms with van der Waals surface area (Å²) in [6.45, 7) is 4.66. The third-order valence-electron chi connectivity index (χ3n) is 5.10. The highest BCUT2D eigenvalue weighted by Crippen LogP contribution is 2.23. The Hall–Kier alpha value is -2.20. The Balaban J connectivity index is 1.71. The number of sulfonamides is 1. The Morgan fingerprint density at radius 1 is 1.27 bits per heavy atom. The number of esters is 1. The highest BCUT2D eigenvalue weighted by molar-refractivity contribution is 7.89. The Labute approximate surface area is 180 Å². The van der Waals surface area contributed by atoms with Crippen molar-refractivity contribution in [1.82, 2.24) is 4.57 Å². The van der Waals surface area contributed by atoms with Crippen molar-refractivity contribution in [2.75, 3.05) is 13.2 Å². The summed E-state index contributed by atoms with van der Waals surface area (Å²) >= 11 is 5.97. The molecule has 1 aliphatic rings. The maximum absolute atomic E-state index is 12.6. The number of ketones is 1. The highest BCUT2D eigenvalue weighted by atomic mass is 35.5. The molecule has 1 aliphatic heterocycles. The van der Waals surface area contributed by atoms with Crippen LogP contribution < -0.4 is 5.14 Å². The van der Waals surface area contributed by atoms with Gasteiger partial charge in [0.25, 0.3) is 0 Å². The maximum atomic E-state index is 12.6. The molecule has 2 heterocycles. The Morgan fingerprint density at radius 3 is 2.63 bits per heavy atom. The van der Waals surface area contributed by atoms with Crippen molar-refractivity contribution in [3.8, 4) is 0 Å². The lowest BCUT2D eigenvalue weighted by molar-refractivity contribution is 0.0474. The average molecular weight is 455 g/mol. The standard InChI is InChI=1S/C20H23ClN2O6S/c1-12-8-16(13(2)23(12)10-14-4-3-7-28-14)19(24)11-29-20(25)17-9-15(30(22,26)27)5-6-18(17)21/h5-6,8-9,14H,3-4,7,10-11H2,1-2H3,(H2,22,26,27). The van der Waals surface area contributed by atoms with Crippen LogP contribution in [0.25, 0.3) is 0 Å². The Bertz CT molecular complexity index is 1090. The fraction of sp³-hybridized carbons (Fsp3) is 0.400. The Kier molecular flexibility index (Phi) is 6.66. The monoisotopic (exact) mass is 454 g/mol. The first-order valence-electron chi connectivity index (χ1n) is 9.39. The number of hydrogen-bond acceptors (Lipinski definition) is 6. The van der Waals surface area contributed by atoms with Gasteiger partial charge in [0, 0.05) is 30.1 Å². The minimum absolute atomic E-state index is 0.00501. The predicted molar refractivity (Wildman–Crippen MR) is 110 cm³/mol. The SMILES string of the molecule is Cc1cc(C(=O)COC(=O)c2cc(S(N)(=O)=O)ccc2Cl)c(C)n1CC1CCCO1. The molecule has 1 aromatic carbocycles. The van der Waals surface area contributed by atoms with Crippen LogP contribution in [0, 0.1) is 13.8 Å². The number of Topliss-reactive ketones (excluding diaryl/α,β-unsaturated/α-hetero) is 1. The molecule has 1 aromatic heterocycles. The minimum atomic E-state index is -4.01. The lowest BCUT2D eigenvalue weighted by Gasteiger charge is -2.14. The molecular weight excluding hydrogens is 432 g/mol. The zero-order valence-corrected chi connectivity index (χ0v) is 18.3. The van der Waals surface area contributed by atoms with Crippen LogP contribution >= 0.6 is 11.6 Å². The van der Waals surface area contributed by atoms with E-state index in [0.29, 0.717) is 12.1 Å². The van der Waals surface area contributed by atoms with Gasteiger partial charge < -0.3 is 14.0 Å². The summed E-state index contributed by atoms with van der Waals surface area (Å²) in [5.74, 6) is -1.28. The summed E-state index contributed by atoms with van der Waals surface area (Å²) in [5.41, 5.74) is 1.97. The molecule has 162 valence electrons. The van der Waals surface area contributed by atoms with Crippen LogP contribution in [0.5, 0.6) is 0 Å². The van der Waals surface area contributed by atoms with Gasteiger partial charge in [-0.1, -0.05) is 11.6 Å². The van der Waals surface area contributed by atoms with E-state index < -0.39 is 22.6 Å². The molecular formula is C20H23ClN2O6S. The van der Waals surface area contributed by atoms with Gasteiger partial charge in [-0.2, -0.15) is 0 Å². The van der Waals surface area contributed by atoms with Crippen molar-refractivity contribution in [2.45, 2.75) is 44.2 Å². The lowest BCUT2D eigenvalue weighted by atomic mass is 10.1. The second-order valence-electron chi connectivity index (χ2n) is 7.22. The van der Waals surface area contributed by atoms with Gasteiger partial charge in [0.15, 0.2) is 6.61 Å². The van der Waals surface area contributed by atoms with Crippen molar-refractivity contribution in [3.05, 3.63) is 51.8 Å². The predicted octanol–water partition coefficient (Wildman–Crippen LogP) is 2.62. The van der Waals surface area contributed by atoms with Crippen LogP contribution in [0.4, 0.5) is 0 Å². The number of primary sulfonamides is 1. The molecule has 0 amide bonds. The van der Waals surface area contributed by atoms with Crippen LogP contribution in [-0.4, -0.2) is 44.1 Å². The molecule has 2 N–H and O–H groups in total. The van der Waals surface area contributed by atoms with Crippen molar-refractivity contribution >= 4 is 33.4 Å². The molecule has 0 spiro atoms. The first-order chi connectivity index (χ1) is 14.1. The topological polar surface area (TPSA) is 118 Å². The van der Waals surface area contributed by atoms with Crippen LogP contribution in [0.2, 0.25) is 5.02 Å². The number of ether oxygens (including phenoxy) is 2. The summed E-state index contributed by atoms with van der Waals surface area (Å²) in [6, 6.07) is 5.20. The summed E-state index contributed by atoms with van der Waals surface area (Å²) in [6.07, 6.45) is 2.14. The molecule has 8 nitrogen and oxygen atoms in total. The van der Waals surface area contributed by atoms with E-state index in [4.69, 9.17) is 26.2 Å². The molecule has 1 unspecified atom stereocenters. The van der Waals surface area contributed by atoms with Crippen molar-refractivity contribution in [1.29, 1.82) is 0 Å². The second-order valence-corrected chi connectivity index (χ2v) is 9.19. The van der Waals surface area contributed by atoms with E-state index in [1.807, 2.05) is 18.4 Å². The van der Waals surface area contributed by atoms with Crippen LogP contribution in [0.1, 0.15) is 44.9 Å². The quantitative estimate of drug-likeness (QED) is 0.507. The average Bonchev–Trinajstić information content (AvgIpc) is 3.29. The van der Waals surface area contributed by atoms with Gasteiger partial charge in [-0.15, -0.1) is 0 Å². The zero-order valence-electron chi connectivity index (χ0n) is 16.7. The van der Waals surface area contributed by atoms with Gasteiger partial charge in [-0.3, -0.25) is 4.79 Å². The molecule has 0 aliphatic carbocycles. The minimum Gasteiger partial charge on any atom is -0.454 e. The van der Waals surface area contributed by atoms with Gasteiger partial charge in [-0.25, -0.2) is 18.4 Å². The summed E-state index contributed by atoms with van der Waals surface area (Å²) in [7, 11) is -4.01. The normalized spacial score (nSPS) is 16.6. The van der Waals surface area contributed by atoms with Crippen LogP contribution in [0.15, 0.2) is 29.2 Å². The number of aromatic nitrogens is 1. The van der Waals surface area contributed by atoms with E-state index in [9.17, 15) is 18.0 Å². The van der Waals surface area contributed by atoms with E-state index in [-0.39, 0.29) is 27.4 Å². The van der Waals surface area contributed by atoms with Crippen molar-refractivity contribution < 1.29 is 27.5 Å². The zero-order chi connectivity index (χ0) is 22.1. The number of carbonyl (C=O) groups excluding carboxylic acids is 2. The number of carbonyl (C=O) groups is 2. The number of hydrogen-bond donors (Lipinski definition) is 1. The molecule has 0 radical (unpaired) electrons. The molecule has 1 atom stereocenters. The summed E-state index contributed by atoms with van der Waals surface area (Å²) in [4.78, 5) is 24.7.